The van der Waals surface area contributed by atoms with Crippen molar-refractivity contribution < 1.29 is 13.2 Å². The molecule has 1 saturated heterocycles. The number of sulfonamides is 1. The van der Waals surface area contributed by atoms with Crippen LogP contribution in [0.5, 0.6) is 0 Å². The van der Waals surface area contributed by atoms with Gasteiger partial charge in [0.15, 0.2) is 0 Å². The number of benzene rings is 3. The molecule has 4 rings (SSSR count). The van der Waals surface area contributed by atoms with Gasteiger partial charge in [-0.15, -0.1) is 0 Å². The van der Waals surface area contributed by atoms with Crippen LogP contribution < -0.4 is 14.5 Å². The first kappa shape index (κ1) is 20.3. The average molecular weight is 442 g/mol. The van der Waals surface area contributed by atoms with Crippen molar-refractivity contribution in [2.45, 2.75) is 11.4 Å². The Labute approximate surface area is 180 Å². The summed E-state index contributed by atoms with van der Waals surface area (Å²) < 4.78 is 28.4. The van der Waals surface area contributed by atoms with E-state index in [2.05, 4.69) is 5.32 Å². The highest BCUT2D eigenvalue weighted by Crippen LogP contribution is 2.30. The van der Waals surface area contributed by atoms with E-state index in [0.717, 1.165) is 5.56 Å². The molecule has 0 aromatic heterocycles. The quantitative estimate of drug-likeness (QED) is 0.621. The standard InChI is InChI=1S/C22H20ClN3O3S/c23-18-11-9-17(10-12-18)16-26(30(28,29)21-7-2-1-3-8-21)20-6-4-5-19(15-20)25-14-13-24-22(25)27/h1-12,15H,13-14,16H2,(H,24,27). The van der Waals surface area contributed by atoms with Gasteiger partial charge in [0.2, 0.25) is 0 Å². The van der Waals surface area contributed by atoms with Gasteiger partial charge < -0.3 is 5.32 Å². The summed E-state index contributed by atoms with van der Waals surface area (Å²) in [4.78, 5) is 13.9. The Kier molecular flexibility index (Phi) is 5.65. The molecule has 8 heteroatoms. The van der Waals surface area contributed by atoms with Gasteiger partial charge in [0.25, 0.3) is 10.0 Å². The zero-order valence-electron chi connectivity index (χ0n) is 16.0. The minimum Gasteiger partial charge on any atom is -0.336 e. The predicted octanol–water partition coefficient (Wildman–Crippen LogP) is 4.27. The molecule has 2 amide bonds. The Balaban J connectivity index is 1.77. The predicted molar refractivity (Wildman–Crippen MR) is 118 cm³/mol. The largest absolute Gasteiger partial charge is 0.336 e. The molecule has 154 valence electrons. The highest BCUT2D eigenvalue weighted by Gasteiger charge is 2.27. The summed E-state index contributed by atoms with van der Waals surface area (Å²) >= 11 is 5.98. The van der Waals surface area contributed by atoms with E-state index in [1.54, 1.807) is 83.8 Å². The number of halogens is 1. The van der Waals surface area contributed by atoms with Crippen LogP contribution in [0.3, 0.4) is 0 Å². The van der Waals surface area contributed by atoms with Gasteiger partial charge in [0, 0.05) is 23.8 Å². The first-order valence-electron chi connectivity index (χ1n) is 9.43. The second-order valence-corrected chi connectivity index (χ2v) is 9.15. The van der Waals surface area contributed by atoms with Gasteiger partial charge in [-0.3, -0.25) is 9.21 Å². The number of anilines is 2. The molecular formula is C22H20ClN3O3S. The number of amides is 2. The summed E-state index contributed by atoms with van der Waals surface area (Å²) in [7, 11) is -3.83. The molecule has 3 aromatic rings. The molecular weight excluding hydrogens is 422 g/mol. The molecule has 1 aliphatic rings. The van der Waals surface area contributed by atoms with Gasteiger partial charge in [-0.1, -0.05) is 48.0 Å². The fraction of sp³-hybridized carbons (Fsp3) is 0.136. The van der Waals surface area contributed by atoms with Crippen molar-refractivity contribution in [1.82, 2.24) is 5.32 Å². The average Bonchev–Trinajstić information content (AvgIpc) is 3.20. The molecule has 0 atom stereocenters. The van der Waals surface area contributed by atoms with Crippen molar-refractivity contribution in [3.05, 3.63) is 89.4 Å². The zero-order valence-corrected chi connectivity index (χ0v) is 17.6. The number of carbonyl (C=O) groups excluding carboxylic acids is 1. The SMILES string of the molecule is O=C1NCCN1c1cccc(N(Cc2ccc(Cl)cc2)S(=O)(=O)c2ccccc2)c1. The highest BCUT2D eigenvalue weighted by molar-refractivity contribution is 7.92. The Morgan fingerprint density at radius 3 is 2.37 bits per heavy atom. The van der Waals surface area contributed by atoms with E-state index in [1.165, 1.54) is 4.31 Å². The molecule has 0 bridgehead atoms. The minimum atomic E-state index is -3.83. The molecule has 0 unspecified atom stereocenters. The van der Waals surface area contributed by atoms with Crippen LogP contribution in [0.25, 0.3) is 0 Å². The highest BCUT2D eigenvalue weighted by atomic mass is 35.5. The third-order valence-electron chi connectivity index (χ3n) is 4.86. The summed E-state index contributed by atoms with van der Waals surface area (Å²) in [5.41, 5.74) is 1.92. The van der Waals surface area contributed by atoms with Gasteiger partial charge in [0.05, 0.1) is 17.1 Å². The van der Waals surface area contributed by atoms with Crippen LogP contribution in [0.4, 0.5) is 16.2 Å². The lowest BCUT2D eigenvalue weighted by atomic mass is 10.2. The molecule has 0 aliphatic carbocycles. The number of urea groups is 1. The van der Waals surface area contributed by atoms with E-state index < -0.39 is 10.0 Å². The van der Waals surface area contributed by atoms with Gasteiger partial charge in [-0.05, 0) is 48.0 Å². The first-order valence-corrected chi connectivity index (χ1v) is 11.2. The molecule has 30 heavy (non-hydrogen) atoms. The number of nitrogens with zero attached hydrogens (tertiary/aromatic N) is 2. The Morgan fingerprint density at radius 2 is 1.70 bits per heavy atom. The van der Waals surface area contributed by atoms with Gasteiger partial charge >= 0.3 is 6.03 Å². The lowest BCUT2D eigenvalue weighted by Gasteiger charge is -2.26. The zero-order chi connectivity index (χ0) is 21.1. The topological polar surface area (TPSA) is 69.7 Å². The monoisotopic (exact) mass is 441 g/mol. The van der Waals surface area contributed by atoms with Gasteiger partial charge in [-0.2, -0.15) is 0 Å². The molecule has 0 saturated carbocycles. The molecule has 1 heterocycles. The summed E-state index contributed by atoms with van der Waals surface area (Å²) in [6, 6.07) is 22.2. The van der Waals surface area contributed by atoms with Gasteiger partial charge in [-0.25, -0.2) is 13.2 Å². The Hall–Kier alpha value is -3.03. The van der Waals surface area contributed by atoms with Crippen LogP contribution in [0.2, 0.25) is 5.02 Å². The maximum Gasteiger partial charge on any atom is 0.321 e. The van der Waals surface area contributed by atoms with E-state index in [4.69, 9.17) is 11.6 Å². The Morgan fingerprint density at radius 1 is 0.967 bits per heavy atom. The summed E-state index contributed by atoms with van der Waals surface area (Å²) in [6.07, 6.45) is 0. The van der Waals surface area contributed by atoms with Crippen LogP contribution in [0.1, 0.15) is 5.56 Å². The number of carbonyl (C=O) groups is 1. The van der Waals surface area contributed by atoms with Crippen molar-refractivity contribution in [3.63, 3.8) is 0 Å². The second-order valence-electron chi connectivity index (χ2n) is 6.85. The fourth-order valence-corrected chi connectivity index (χ4v) is 4.92. The third-order valence-corrected chi connectivity index (χ3v) is 6.90. The normalized spacial score (nSPS) is 13.9. The van der Waals surface area contributed by atoms with Crippen LogP contribution >= 0.6 is 11.6 Å². The van der Waals surface area contributed by atoms with E-state index >= 15 is 0 Å². The van der Waals surface area contributed by atoms with Crippen LogP contribution in [0.15, 0.2) is 83.8 Å². The molecule has 1 N–H and O–H groups in total. The number of nitrogens with one attached hydrogen (secondary N) is 1. The van der Waals surface area contributed by atoms with Crippen LogP contribution in [-0.4, -0.2) is 27.5 Å². The van der Waals surface area contributed by atoms with Crippen molar-refractivity contribution in [2.24, 2.45) is 0 Å². The summed E-state index contributed by atoms with van der Waals surface area (Å²) in [6.45, 7) is 1.22. The molecule has 1 fully saturated rings. The van der Waals surface area contributed by atoms with E-state index in [9.17, 15) is 13.2 Å². The molecule has 6 nitrogen and oxygen atoms in total. The molecule has 1 aliphatic heterocycles. The summed E-state index contributed by atoms with van der Waals surface area (Å²) in [5.74, 6) is 0. The lowest BCUT2D eigenvalue weighted by molar-refractivity contribution is 0.252. The van der Waals surface area contributed by atoms with E-state index in [0.29, 0.717) is 29.5 Å². The molecule has 0 spiro atoms. The lowest BCUT2D eigenvalue weighted by Crippen LogP contribution is -2.31. The van der Waals surface area contributed by atoms with Crippen molar-refractivity contribution in [1.29, 1.82) is 0 Å². The minimum absolute atomic E-state index is 0.129. The second kappa shape index (κ2) is 8.38. The number of hydrogen-bond donors (Lipinski definition) is 1. The van der Waals surface area contributed by atoms with Crippen molar-refractivity contribution in [2.75, 3.05) is 22.3 Å². The first-order chi connectivity index (χ1) is 14.4. The third kappa shape index (κ3) is 4.13. The van der Waals surface area contributed by atoms with Crippen molar-refractivity contribution in [3.8, 4) is 0 Å². The van der Waals surface area contributed by atoms with Crippen molar-refractivity contribution >= 4 is 39.0 Å². The van der Waals surface area contributed by atoms with E-state index in [-0.39, 0.29) is 17.5 Å². The van der Waals surface area contributed by atoms with Crippen LogP contribution in [0, 0.1) is 0 Å². The maximum absolute atomic E-state index is 13.5. The smallest absolute Gasteiger partial charge is 0.321 e. The Bertz CT molecular complexity index is 1150. The number of hydrogen-bond acceptors (Lipinski definition) is 3. The van der Waals surface area contributed by atoms with Crippen LogP contribution in [-0.2, 0) is 16.6 Å². The fourth-order valence-electron chi connectivity index (χ4n) is 3.32. The maximum atomic E-state index is 13.5. The molecule has 3 aromatic carbocycles. The molecule has 0 radical (unpaired) electrons. The van der Waals surface area contributed by atoms with Gasteiger partial charge in [0.1, 0.15) is 0 Å². The van der Waals surface area contributed by atoms with E-state index in [1.807, 2.05) is 0 Å². The summed E-state index contributed by atoms with van der Waals surface area (Å²) in [5, 5.41) is 3.34. The number of rotatable bonds is 6.